The van der Waals surface area contributed by atoms with Crippen molar-refractivity contribution in [3.63, 3.8) is 0 Å². The quantitative estimate of drug-likeness (QED) is 0.326. The Labute approximate surface area is 215 Å². The molecule has 1 saturated heterocycles. The summed E-state index contributed by atoms with van der Waals surface area (Å²) in [5, 5.41) is 11.4. The van der Waals surface area contributed by atoms with E-state index in [4.69, 9.17) is 9.47 Å². The number of amides is 2. The summed E-state index contributed by atoms with van der Waals surface area (Å²) >= 11 is 0. The highest BCUT2D eigenvalue weighted by Gasteiger charge is 2.35. The minimum atomic E-state index is -0.850. The van der Waals surface area contributed by atoms with Gasteiger partial charge in [-0.25, -0.2) is 0 Å². The lowest BCUT2D eigenvalue weighted by molar-refractivity contribution is -0.384. The third-order valence-electron chi connectivity index (χ3n) is 6.35. The van der Waals surface area contributed by atoms with E-state index in [1.54, 1.807) is 18.1 Å². The molecule has 1 atom stereocenters. The number of ether oxygens (including phenoxy) is 2. The van der Waals surface area contributed by atoms with Gasteiger partial charge in [-0.1, -0.05) is 54.6 Å². The average molecular weight is 504 g/mol. The molecule has 0 bridgehead atoms. The van der Waals surface area contributed by atoms with Gasteiger partial charge in [0.15, 0.2) is 0 Å². The van der Waals surface area contributed by atoms with Crippen molar-refractivity contribution in [1.82, 2.24) is 9.80 Å². The predicted molar refractivity (Wildman–Crippen MR) is 137 cm³/mol. The second kappa shape index (κ2) is 12.1. The summed E-state index contributed by atoms with van der Waals surface area (Å²) in [7, 11) is 1.55. The highest BCUT2D eigenvalue weighted by atomic mass is 16.6. The van der Waals surface area contributed by atoms with Crippen LogP contribution in [0.4, 0.5) is 5.69 Å². The van der Waals surface area contributed by atoms with Crippen LogP contribution >= 0.6 is 0 Å². The zero-order valence-electron chi connectivity index (χ0n) is 20.6. The van der Waals surface area contributed by atoms with Gasteiger partial charge in [-0.15, -0.1) is 0 Å². The molecule has 0 aliphatic carbocycles. The lowest BCUT2D eigenvalue weighted by Gasteiger charge is -2.36. The number of non-ortho nitro benzene ring substituents is 1. The summed E-state index contributed by atoms with van der Waals surface area (Å²) in [4.78, 5) is 42.0. The van der Waals surface area contributed by atoms with Crippen LogP contribution in [0.1, 0.15) is 21.5 Å². The maximum absolute atomic E-state index is 14.0. The zero-order chi connectivity index (χ0) is 26.2. The summed E-state index contributed by atoms with van der Waals surface area (Å²) in [6.07, 6.45) is 0.285. The Bertz CT molecular complexity index is 1240. The number of morpholine rings is 1. The van der Waals surface area contributed by atoms with Crippen LogP contribution in [0, 0.1) is 10.1 Å². The van der Waals surface area contributed by atoms with E-state index in [9.17, 15) is 19.7 Å². The van der Waals surface area contributed by atoms with Gasteiger partial charge in [-0.3, -0.25) is 19.7 Å². The van der Waals surface area contributed by atoms with E-state index in [1.807, 2.05) is 48.5 Å². The molecule has 0 saturated carbocycles. The molecular formula is C28H29N3O6. The number of methoxy groups -OCH3 is 1. The maximum atomic E-state index is 14.0. The maximum Gasteiger partial charge on any atom is 0.270 e. The summed E-state index contributed by atoms with van der Waals surface area (Å²) in [6, 6.07) is 21.5. The number of nitro groups is 1. The summed E-state index contributed by atoms with van der Waals surface area (Å²) in [5.41, 5.74) is 1.56. The van der Waals surface area contributed by atoms with Gasteiger partial charge in [0.1, 0.15) is 11.8 Å². The third-order valence-corrected chi connectivity index (χ3v) is 6.35. The van der Waals surface area contributed by atoms with Crippen molar-refractivity contribution in [2.24, 2.45) is 0 Å². The molecule has 0 radical (unpaired) electrons. The van der Waals surface area contributed by atoms with E-state index in [0.717, 1.165) is 11.1 Å². The van der Waals surface area contributed by atoms with Crippen molar-refractivity contribution in [3.05, 3.63) is 106 Å². The first-order chi connectivity index (χ1) is 18.0. The molecule has 3 aromatic carbocycles. The molecule has 0 spiro atoms. The van der Waals surface area contributed by atoms with Crippen LogP contribution in [0.15, 0.2) is 78.9 Å². The number of hydrogen-bond donors (Lipinski definition) is 0. The van der Waals surface area contributed by atoms with Gasteiger partial charge in [0.05, 0.1) is 31.8 Å². The minimum absolute atomic E-state index is 0.0825. The van der Waals surface area contributed by atoms with Crippen LogP contribution in [0.25, 0.3) is 0 Å². The number of nitrogens with zero attached hydrogens (tertiary/aromatic N) is 3. The first kappa shape index (κ1) is 25.8. The third kappa shape index (κ3) is 6.31. The zero-order valence-corrected chi connectivity index (χ0v) is 20.6. The van der Waals surface area contributed by atoms with Crippen molar-refractivity contribution in [1.29, 1.82) is 0 Å². The van der Waals surface area contributed by atoms with Gasteiger partial charge in [-0.2, -0.15) is 0 Å². The normalized spacial score (nSPS) is 14.0. The fourth-order valence-corrected chi connectivity index (χ4v) is 4.42. The highest BCUT2D eigenvalue weighted by Crippen LogP contribution is 2.25. The Morgan fingerprint density at radius 1 is 1.03 bits per heavy atom. The monoisotopic (exact) mass is 503 g/mol. The number of nitro benzene ring substituents is 1. The van der Waals surface area contributed by atoms with Crippen LogP contribution in [0.5, 0.6) is 5.75 Å². The highest BCUT2D eigenvalue weighted by molar-refractivity contribution is 5.98. The number of para-hydroxylation sites is 1. The van der Waals surface area contributed by atoms with Gasteiger partial charge < -0.3 is 19.3 Å². The van der Waals surface area contributed by atoms with Gasteiger partial charge in [0.2, 0.25) is 5.91 Å². The van der Waals surface area contributed by atoms with E-state index >= 15 is 0 Å². The number of carbonyl (C=O) groups is 2. The van der Waals surface area contributed by atoms with Gasteiger partial charge in [-0.05, 0) is 17.7 Å². The lowest BCUT2D eigenvalue weighted by atomic mass is 10.0. The fraction of sp³-hybridized carbons (Fsp3) is 0.286. The molecule has 1 aliphatic heterocycles. The van der Waals surface area contributed by atoms with E-state index in [2.05, 4.69) is 0 Å². The molecule has 1 heterocycles. The molecular weight excluding hydrogens is 474 g/mol. The smallest absolute Gasteiger partial charge is 0.270 e. The number of hydrogen-bond acceptors (Lipinski definition) is 6. The number of carbonyl (C=O) groups excluding carboxylic acids is 2. The van der Waals surface area contributed by atoms with Gasteiger partial charge >= 0.3 is 0 Å². The van der Waals surface area contributed by atoms with Crippen LogP contribution in [0.3, 0.4) is 0 Å². The standard InChI is InChI=1S/C28H29N3O6/c1-36-26-13-6-5-10-23(26)20-30(27(32)22-11-7-12-24(19-22)31(34)35)25(18-21-8-3-2-4-9-21)28(33)29-14-16-37-17-15-29/h2-13,19,25H,14-18,20H2,1H3. The molecule has 1 aliphatic rings. The van der Waals surface area contributed by atoms with E-state index in [-0.39, 0.29) is 30.1 Å². The number of rotatable bonds is 9. The lowest BCUT2D eigenvalue weighted by Crippen LogP contribution is -2.54. The van der Waals surface area contributed by atoms with Crippen LogP contribution in [0.2, 0.25) is 0 Å². The Morgan fingerprint density at radius 3 is 2.43 bits per heavy atom. The molecule has 0 N–H and O–H groups in total. The number of benzene rings is 3. The molecule has 0 aromatic heterocycles. The van der Waals surface area contributed by atoms with E-state index in [0.29, 0.717) is 32.1 Å². The second-order valence-corrected chi connectivity index (χ2v) is 8.70. The minimum Gasteiger partial charge on any atom is -0.496 e. The first-order valence-corrected chi connectivity index (χ1v) is 12.1. The molecule has 9 heteroatoms. The Hall–Kier alpha value is -4.24. The van der Waals surface area contributed by atoms with Crippen molar-refractivity contribution < 1.29 is 24.0 Å². The van der Waals surface area contributed by atoms with Crippen LogP contribution in [-0.4, -0.2) is 66.0 Å². The second-order valence-electron chi connectivity index (χ2n) is 8.70. The van der Waals surface area contributed by atoms with Crippen LogP contribution < -0.4 is 4.74 Å². The Balaban J connectivity index is 1.79. The molecule has 2 amide bonds. The first-order valence-electron chi connectivity index (χ1n) is 12.1. The Kier molecular flexibility index (Phi) is 8.48. The van der Waals surface area contributed by atoms with Crippen LogP contribution in [-0.2, 0) is 22.5 Å². The molecule has 9 nitrogen and oxygen atoms in total. The Morgan fingerprint density at radius 2 is 1.73 bits per heavy atom. The molecule has 4 rings (SSSR count). The summed E-state index contributed by atoms with van der Waals surface area (Å²) < 4.78 is 10.9. The largest absolute Gasteiger partial charge is 0.496 e. The molecule has 3 aromatic rings. The fourth-order valence-electron chi connectivity index (χ4n) is 4.42. The van der Waals surface area contributed by atoms with E-state index in [1.165, 1.54) is 29.2 Å². The van der Waals surface area contributed by atoms with Crippen molar-refractivity contribution in [2.45, 2.75) is 19.0 Å². The van der Waals surface area contributed by atoms with E-state index < -0.39 is 16.9 Å². The van der Waals surface area contributed by atoms with Crippen molar-refractivity contribution in [3.8, 4) is 5.75 Å². The molecule has 37 heavy (non-hydrogen) atoms. The van der Waals surface area contributed by atoms with Gasteiger partial charge in [0, 0.05) is 42.8 Å². The molecule has 192 valence electrons. The van der Waals surface area contributed by atoms with Crippen molar-refractivity contribution >= 4 is 17.5 Å². The summed E-state index contributed by atoms with van der Waals surface area (Å²) in [6.45, 7) is 1.79. The summed E-state index contributed by atoms with van der Waals surface area (Å²) in [5.74, 6) is -0.0883. The topological polar surface area (TPSA) is 102 Å². The predicted octanol–water partition coefficient (Wildman–Crippen LogP) is 3.72. The van der Waals surface area contributed by atoms with Gasteiger partial charge in [0.25, 0.3) is 11.6 Å². The molecule has 1 unspecified atom stereocenters. The average Bonchev–Trinajstić information content (AvgIpc) is 2.95. The molecule has 1 fully saturated rings. The van der Waals surface area contributed by atoms with Crippen molar-refractivity contribution in [2.75, 3.05) is 33.4 Å². The SMILES string of the molecule is COc1ccccc1CN(C(=O)c1cccc([N+](=O)[O-])c1)C(Cc1ccccc1)C(=O)N1CCOCC1.